The number of rotatable bonds is 4. The van der Waals surface area contributed by atoms with Gasteiger partial charge in [0.2, 0.25) is 0 Å². The molecule has 1 aromatic heterocycles. The molecule has 4 N–H and O–H groups in total. The van der Waals surface area contributed by atoms with E-state index in [1.54, 1.807) is 53.6 Å². The quantitative estimate of drug-likeness (QED) is 0.246. The number of hydrogen-bond donors (Lipinski definition) is 3. The number of likely N-dealkylation sites (tertiary alicyclic amines) is 1. The average Bonchev–Trinajstić information content (AvgIpc) is 3.30. The number of hydrogen-bond acceptors (Lipinski definition) is 5. The highest BCUT2D eigenvalue weighted by Crippen LogP contribution is 2.32. The molecular weight excluding hydrogens is 500 g/mol. The first kappa shape index (κ1) is 27.1. The van der Waals surface area contributed by atoms with Crippen molar-refractivity contribution in [1.82, 2.24) is 14.8 Å². The molecule has 2 aliphatic heterocycles. The number of aryl methyl sites for hydroxylation is 1. The van der Waals surface area contributed by atoms with Crippen LogP contribution >= 0.6 is 0 Å². The number of carbonyl (C=O) groups excluding carboxylic acids is 1. The molecule has 1 fully saturated rings. The minimum Gasteiger partial charge on any atom is -0.398 e. The minimum atomic E-state index is -4.26. The van der Waals surface area contributed by atoms with Crippen LogP contribution in [0, 0.1) is 18.2 Å². The number of benzene rings is 2. The monoisotopic (exact) mass is 528 g/mol. The SMILES string of the molecule is Cc1cc(C(=N)c2cc3c(cc2N)NC(=O)N(C2CCN(CC(F)(F)F)C2)C3)ccn1.Fc1ccccc1. The summed E-state index contributed by atoms with van der Waals surface area (Å²) in [6.07, 6.45) is -2.15. The van der Waals surface area contributed by atoms with E-state index in [1.165, 1.54) is 17.0 Å². The molecule has 200 valence electrons. The number of nitrogen functional groups attached to an aromatic ring is 1. The second-order valence-corrected chi connectivity index (χ2v) is 9.30. The molecule has 2 aliphatic rings. The number of aromatic nitrogens is 1. The minimum absolute atomic E-state index is 0.177. The van der Waals surface area contributed by atoms with Crippen LogP contribution in [0.2, 0.25) is 0 Å². The van der Waals surface area contributed by atoms with Crippen LogP contribution in [0.3, 0.4) is 0 Å². The van der Waals surface area contributed by atoms with Gasteiger partial charge >= 0.3 is 12.2 Å². The van der Waals surface area contributed by atoms with Gasteiger partial charge < -0.3 is 16.0 Å². The Morgan fingerprint density at radius 1 is 1.18 bits per heavy atom. The number of fused-ring (bicyclic) bond motifs is 1. The maximum absolute atomic E-state index is 12.7. The molecule has 7 nitrogen and oxygen atoms in total. The molecule has 11 heteroatoms. The lowest BCUT2D eigenvalue weighted by Gasteiger charge is -2.34. The highest BCUT2D eigenvalue weighted by atomic mass is 19.4. The van der Waals surface area contributed by atoms with E-state index >= 15 is 0 Å². The van der Waals surface area contributed by atoms with Gasteiger partial charge in [0.05, 0.1) is 12.3 Å². The van der Waals surface area contributed by atoms with Gasteiger partial charge in [0.15, 0.2) is 0 Å². The predicted octanol–water partition coefficient (Wildman–Crippen LogP) is 5.20. The van der Waals surface area contributed by atoms with Crippen LogP contribution in [0.25, 0.3) is 0 Å². The molecule has 0 bridgehead atoms. The van der Waals surface area contributed by atoms with Crippen molar-refractivity contribution in [2.24, 2.45) is 0 Å². The summed E-state index contributed by atoms with van der Waals surface area (Å²) in [6, 6.07) is 14.2. The summed E-state index contributed by atoms with van der Waals surface area (Å²) >= 11 is 0. The van der Waals surface area contributed by atoms with Gasteiger partial charge in [-0.1, -0.05) is 18.2 Å². The Balaban J connectivity index is 0.000000417. The summed E-state index contributed by atoms with van der Waals surface area (Å²) in [7, 11) is 0. The number of alkyl halides is 3. The van der Waals surface area contributed by atoms with Crippen LogP contribution in [0.15, 0.2) is 60.8 Å². The molecule has 3 heterocycles. The van der Waals surface area contributed by atoms with Crippen LogP contribution < -0.4 is 11.1 Å². The van der Waals surface area contributed by atoms with E-state index < -0.39 is 12.7 Å². The molecule has 1 unspecified atom stereocenters. The lowest BCUT2D eigenvalue weighted by molar-refractivity contribution is -0.143. The molecule has 1 atom stereocenters. The van der Waals surface area contributed by atoms with Crippen LogP contribution in [-0.2, 0) is 6.54 Å². The van der Waals surface area contributed by atoms with Gasteiger partial charge in [-0.2, -0.15) is 13.2 Å². The molecule has 0 aliphatic carbocycles. The molecule has 5 rings (SSSR count). The zero-order chi connectivity index (χ0) is 27.4. The summed E-state index contributed by atoms with van der Waals surface area (Å²) in [4.78, 5) is 19.6. The molecule has 3 aromatic rings. The third-order valence-corrected chi connectivity index (χ3v) is 6.40. The van der Waals surface area contributed by atoms with Crippen molar-refractivity contribution in [2.45, 2.75) is 32.1 Å². The topological polar surface area (TPSA) is 98.3 Å². The number of urea groups is 1. The van der Waals surface area contributed by atoms with Crippen LogP contribution in [-0.4, -0.2) is 58.4 Å². The van der Waals surface area contributed by atoms with E-state index in [0.29, 0.717) is 35.5 Å². The number of anilines is 2. The Morgan fingerprint density at radius 3 is 2.55 bits per heavy atom. The molecule has 0 radical (unpaired) electrons. The maximum atomic E-state index is 12.7. The van der Waals surface area contributed by atoms with Crippen molar-refractivity contribution >= 4 is 23.1 Å². The van der Waals surface area contributed by atoms with Crippen LogP contribution in [0.4, 0.5) is 33.7 Å². The van der Waals surface area contributed by atoms with Gasteiger partial charge in [-0.05, 0) is 55.3 Å². The Kier molecular flexibility index (Phi) is 7.96. The number of amides is 2. The van der Waals surface area contributed by atoms with E-state index in [9.17, 15) is 22.4 Å². The number of nitrogens with two attached hydrogens (primary N) is 1. The third-order valence-electron chi connectivity index (χ3n) is 6.40. The molecule has 1 saturated heterocycles. The van der Waals surface area contributed by atoms with E-state index in [0.717, 1.165) is 11.3 Å². The Labute approximate surface area is 217 Å². The Bertz CT molecular complexity index is 1310. The van der Waals surface area contributed by atoms with Crippen molar-refractivity contribution < 1.29 is 22.4 Å². The van der Waals surface area contributed by atoms with Gasteiger partial charge in [0.1, 0.15) is 5.82 Å². The summed E-state index contributed by atoms with van der Waals surface area (Å²) < 4.78 is 50.0. The fourth-order valence-electron chi connectivity index (χ4n) is 4.60. The van der Waals surface area contributed by atoms with Gasteiger partial charge in [-0.3, -0.25) is 15.3 Å². The molecule has 2 aromatic carbocycles. The summed E-state index contributed by atoms with van der Waals surface area (Å²) in [6.45, 7) is 1.58. The number of nitrogens with one attached hydrogen (secondary N) is 2. The van der Waals surface area contributed by atoms with Crippen LogP contribution in [0.1, 0.15) is 28.8 Å². The van der Waals surface area contributed by atoms with Crippen molar-refractivity contribution in [3.63, 3.8) is 0 Å². The fourth-order valence-corrected chi connectivity index (χ4v) is 4.60. The van der Waals surface area contributed by atoms with Gasteiger partial charge in [-0.15, -0.1) is 0 Å². The van der Waals surface area contributed by atoms with Crippen molar-refractivity contribution in [2.75, 3.05) is 30.7 Å². The van der Waals surface area contributed by atoms with E-state index in [1.807, 2.05) is 6.92 Å². The number of pyridine rings is 1. The zero-order valence-corrected chi connectivity index (χ0v) is 20.7. The third kappa shape index (κ3) is 6.65. The fraction of sp³-hybridized carbons (Fsp3) is 0.296. The Hall–Kier alpha value is -3.99. The standard InChI is InChI=1S/C21H23F3N6O.C6H5F/c1-12-6-13(2-4-27-12)19(26)16-7-14-9-30(20(31)28-18(14)8-17(16)25)15-3-5-29(10-15)11-21(22,23)24;7-6-4-2-1-3-5-6/h2,4,6-8,15,26H,3,5,9-11,25H2,1H3,(H,28,31);1-5H. The number of carbonyl (C=O) groups is 1. The summed E-state index contributed by atoms with van der Waals surface area (Å²) in [5.41, 5.74) is 10.1. The average molecular weight is 529 g/mol. The number of nitrogens with zero attached hydrogens (tertiary/aromatic N) is 3. The first-order valence-electron chi connectivity index (χ1n) is 12.0. The van der Waals surface area contributed by atoms with Crippen molar-refractivity contribution in [1.29, 1.82) is 5.41 Å². The van der Waals surface area contributed by atoms with Gasteiger partial charge in [-0.25, -0.2) is 9.18 Å². The van der Waals surface area contributed by atoms with Crippen molar-refractivity contribution in [3.05, 3.63) is 89.0 Å². The largest absolute Gasteiger partial charge is 0.401 e. The lowest BCUT2D eigenvalue weighted by atomic mass is 9.96. The van der Waals surface area contributed by atoms with E-state index in [-0.39, 0.29) is 36.7 Å². The zero-order valence-electron chi connectivity index (χ0n) is 20.7. The highest BCUT2D eigenvalue weighted by Gasteiger charge is 2.38. The molecule has 2 amide bonds. The van der Waals surface area contributed by atoms with Crippen molar-refractivity contribution in [3.8, 4) is 0 Å². The van der Waals surface area contributed by atoms with Gasteiger partial charge in [0, 0.05) is 60.1 Å². The number of halogens is 4. The second kappa shape index (κ2) is 11.2. The second-order valence-electron chi connectivity index (χ2n) is 9.30. The van der Waals surface area contributed by atoms with E-state index in [4.69, 9.17) is 11.1 Å². The Morgan fingerprint density at radius 2 is 1.92 bits per heavy atom. The predicted molar refractivity (Wildman–Crippen MR) is 138 cm³/mol. The maximum Gasteiger partial charge on any atom is 0.401 e. The molecule has 0 spiro atoms. The van der Waals surface area contributed by atoms with Gasteiger partial charge in [0.25, 0.3) is 0 Å². The molecule has 0 saturated carbocycles. The molecule has 38 heavy (non-hydrogen) atoms. The molecular formula is C27H28F4N6O. The first-order valence-corrected chi connectivity index (χ1v) is 12.0. The summed E-state index contributed by atoms with van der Waals surface area (Å²) in [5.74, 6) is -0.178. The van der Waals surface area contributed by atoms with Crippen LogP contribution in [0.5, 0.6) is 0 Å². The normalized spacial score (nSPS) is 17.3. The van der Waals surface area contributed by atoms with E-state index in [2.05, 4.69) is 10.3 Å². The summed E-state index contributed by atoms with van der Waals surface area (Å²) in [5, 5.41) is 11.4. The highest BCUT2D eigenvalue weighted by molar-refractivity contribution is 6.14. The lowest BCUT2D eigenvalue weighted by Crippen LogP contribution is -2.47. The first-order chi connectivity index (χ1) is 18.0. The smallest absolute Gasteiger partial charge is 0.398 e.